The van der Waals surface area contributed by atoms with E-state index in [9.17, 15) is 4.79 Å². The summed E-state index contributed by atoms with van der Waals surface area (Å²) in [5.41, 5.74) is 8.39. The summed E-state index contributed by atoms with van der Waals surface area (Å²) < 4.78 is 5.75. The van der Waals surface area contributed by atoms with Crippen molar-refractivity contribution < 1.29 is 9.53 Å². The molecule has 0 fully saturated rings. The molecule has 1 aromatic carbocycles. The molecule has 0 aromatic heterocycles. The Labute approximate surface area is 115 Å². The van der Waals surface area contributed by atoms with E-state index in [4.69, 9.17) is 10.5 Å². The second-order valence-corrected chi connectivity index (χ2v) is 5.23. The van der Waals surface area contributed by atoms with Crippen molar-refractivity contribution in [3.63, 3.8) is 0 Å². The largest absolute Gasteiger partial charge is 0.373 e. The van der Waals surface area contributed by atoms with Gasteiger partial charge in [0, 0.05) is 6.42 Å². The molecule has 3 heteroatoms. The normalized spacial score (nSPS) is 19.8. The molecular formula is C16H23NO2. The van der Waals surface area contributed by atoms with Crippen LogP contribution in [-0.2, 0) is 16.0 Å². The third-order valence-corrected chi connectivity index (χ3v) is 3.76. The highest BCUT2D eigenvalue weighted by Gasteiger charge is 2.25. The minimum Gasteiger partial charge on any atom is -0.373 e. The van der Waals surface area contributed by atoms with Crippen LogP contribution in [-0.4, -0.2) is 18.4 Å². The molecule has 2 unspecified atom stereocenters. The van der Waals surface area contributed by atoms with Crippen LogP contribution in [0.25, 0.3) is 0 Å². The third kappa shape index (κ3) is 3.64. The van der Waals surface area contributed by atoms with Crippen LogP contribution in [0.1, 0.15) is 49.8 Å². The van der Waals surface area contributed by atoms with Crippen molar-refractivity contribution in [2.45, 2.75) is 51.2 Å². The highest BCUT2D eigenvalue weighted by Crippen LogP contribution is 2.30. The number of benzene rings is 1. The van der Waals surface area contributed by atoms with E-state index in [1.807, 2.05) is 12.1 Å². The first-order chi connectivity index (χ1) is 9.22. The molecule has 1 heterocycles. The number of Topliss-reactive ketones (excluding diaryl/α,β-unsaturated/α-hetero) is 1. The summed E-state index contributed by atoms with van der Waals surface area (Å²) in [5, 5.41) is 0. The minimum atomic E-state index is -0.336. The van der Waals surface area contributed by atoms with Crippen LogP contribution in [0.15, 0.2) is 24.3 Å². The molecule has 2 atom stereocenters. The number of hydrogen-bond acceptors (Lipinski definition) is 3. The quantitative estimate of drug-likeness (QED) is 0.856. The molecule has 1 aromatic rings. The van der Waals surface area contributed by atoms with Crippen molar-refractivity contribution in [1.82, 2.24) is 0 Å². The van der Waals surface area contributed by atoms with E-state index in [-0.39, 0.29) is 17.9 Å². The Morgan fingerprint density at radius 3 is 3.05 bits per heavy atom. The number of hydrogen-bond donors (Lipinski definition) is 1. The van der Waals surface area contributed by atoms with Gasteiger partial charge in [-0.1, -0.05) is 44.0 Å². The van der Waals surface area contributed by atoms with Gasteiger partial charge in [-0.2, -0.15) is 0 Å². The Hall–Kier alpha value is -1.19. The first kappa shape index (κ1) is 14.2. The van der Waals surface area contributed by atoms with Gasteiger partial charge < -0.3 is 10.5 Å². The van der Waals surface area contributed by atoms with Crippen molar-refractivity contribution in [3.05, 3.63) is 35.4 Å². The SMILES string of the molecule is CCCCC(N)C(=O)CC1OCCc2ccccc21. The molecule has 1 aliphatic heterocycles. The van der Waals surface area contributed by atoms with Crippen LogP contribution in [0.5, 0.6) is 0 Å². The minimum absolute atomic E-state index is 0.106. The molecule has 3 nitrogen and oxygen atoms in total. The molecule has 0 saturated heterocycles. The van der Waals surface area contributed by atoms with Gasteiger partial charge in [0.2, 0.25) is 0 Å². The van der Waals surface area contributed by atoms with Crippen molar-refractivity contribution in [1.29, 1.82) is 0 Å². The summed E-state index contributed by atoms with van der Waals surface area (Å²) in [4.78, 5) is 12.1. The maximum absolute atomic E-state index is 12.1. The van der Waals surface area contributed by atoms with Gasteiger partial charge >= 0.3 is 0 Å². The Morgan fingerprint density at radius 1 is 1.47 bits per heavy atom. The van der Waals surface area contributed by atoms with E-state index in [1.165, 1.54) is 5.56 Å². The Kier molecular flexibility index (Phi) is 5.11. The molecule has 0 saturated carbocycles. The lowest BCUT2D eigenvalue weighted by Crippen LogP contribution is -2.32. The molecule has 0 aliphatic carbocycles. The third-order valence-electron chi connectivity index (χ3n) is 3.76. The van der Waals surface area contributed by atoms with Crippen LogP contribution in [0.2, 0.25) is 0 Å². The van der Waals surface area contributed by atoms with Gasteiger partial charge in [-0.3, -0.25) is 4.79 Å². The number of nitrogens with two attached hydrogens (primary N) is 1. The van der Waals surface area contributed by atoms with Crippen LogP contribution in [0, 0.1) is 0 Å². The predicted molar refractivity (Wildman–Crippen MR) is 76.0 cm³/mol. The van der Waals surface area contributed by atoms with Crippen LogP contribution >= 0.6 is 0 Å². The molecular weight excluding hydrogens is 238 g/mol. The first-order valence-corrected chi connectivity index (χ1v) is 7.20. The molecule has 1 aliphatic rings. The zero-order valence-electron chi connectivity index (χ0n) is 11.6. The van der Waals surface area contributed by atoms with Crippen LogP contribution in [0.3, 0.4) is 0 Å². The van der Waals surface area contributed by atoms with Gasteiger partial charge in [-0.05, 0) is 24.0 Å². The highest BCUT2D eigenvalue weighted by atomic mass is 16.5. The van der Waals surface area contributed by atoms with Gasteiger partial charge in [0.1, 0.15) is 0 Å². The number of ketones is 1. The van der Waals surface area contributed by atoms with Crippen molar-refractivity contribution in [3.8, 4) is 0 Å². The van der Waals surface area contributed by atoms with Gasteiger partial charge in [0.25, 0.3) is 0 Å². The monoisotopic (exact) mass is 261 g/mol. The van der Waals surface area contributed by atoms with Gasteiger partial charge in [0.15, 0.2) is 5.78 Å². The fourth-order valence-electron chi connectivity index (χ4n) is 2.56. The van der Waals surface area contributed by atoms with Crippen LogP contribution in [0.4, 0.5) is 0 Å². The van der Waals surface area contributed by atoms with Crippen molar-refractivity contribution in [2.24, 2.45) is 5.73 Å². The fraction of sp³-hybridized carbons (Fsp3) is 0.562. The standard InChI is InChI=1S/C16H23NO2/c1-2-3-8-14(17)15(18)11-16-13-7-5-4-6-12(13)9-10-19-16/h4-7,14,16H,2-3,8-11,17H2,1H3. The van der Waals surface area contributed by atoms with E-state index in [0.717, 1.165) is 31.2 Å². The molecule has 19 heavy (non-hydrogen) atoms. The molecule has 0 radical (unpaired) electrons. The Balaban J connectivity index is 1.98. The van der Waals surface area contributed by atoms with Crippen molar-refractivity contribution >= 4 is 5.78 Å². The Morgan fingerprint density at radius 2 is 2.26 bits per heavy atom. The summed E-state index contributed by atoms with van der Waals surface area (Å²) in [6.07, 6.45) is 4.10. The van der Waals surface area contributed by atoms with Crippen LogP contribution < -0.4 is 5.73 Å². The lowest BCUT2D eigenvalue weighted by Gasteiger charge is -2.26. The number of unbranched alkanes of at least 4 members (excludes halogenated alkanes) is 1. The molecule has 2 N–H and O–H groups in total. The second kappa shape index (κ2) is 6.83. The Bertz CT molecular complexity index is 431. The lowest BCUT2D eigenvalue weighted by atomic mass is 9.92. The van der Waals surface area contributed by atoms with Gasteiger partial charge in [0.05, 0.1) is 18.8 Å². The number of carbonyl (C=O) groups is 1. The zero-order chi connectivity index (χ0) is 13.7. The molecule has 0 bridgehead atoms. The molecule has 2 rings (SSSR count). The molecule has 0 spiro atoms. The maximum atomic E-state index is 12.1. The summed E-state index contributed by atoms with van der Waals surface area (Å²) in [6.45, 7) is 2.80. The highest BCUT2D eigenvalue weighted by molar-refractivity contribution is 5.84. The topological polar surface area (TPSA) is 52.3 Å². The number of ether oxygens (including phenoxy) is 1. The van der Waals surface area contributed by atoms with Gasteiger partial charge in [-0.25, -0.2) is 0 Å². The fourth-order valence-corrected chi connectivity index (χ4v) is 2.56. The smallest absolute Gasteiger partial charge is 0.152 e. The maximum Gasteiger partial charge on any atom is 0.152 e. The van der Waals surface area contributed by atoms with Gasteiger partial charge in [-0.15, -0.1) is 0 Å². The summed E-state index contributed by atoms with van der Waals surface area (Å²) in [6, 6.07) is 7.88. The number of carbonyl (C=O) groups excluding carboxylic acids is 1. The average Bonchev–Trinajstić information content (AvgIpc) is 2.45. The predicted octanol–water partition coefficient (Wildman–Crippen LogP) is 2.78. The number of rotatable bonds is 6. The second-order valence-electron chi connectivity index (χ2n) is 5.23. The summed E-state index contributed by atoms with van der Waals surface area (Å²) in [7, 11) is 0. The van der Waals surface area contributed by atoms with E-state index >= 15 is 0 Å². The lowest BCUT2D eigenvalue weighted by molar-refractivity contribution is -0.123. The zero-order valence-corrected chi connectivity index (χ0v) is 11.6. The van der Waals surface area contributed by atoms with E-state index in [2.05, 4.69) is 19.1 Å². The van der Waals surface area contributed by atoms with Crippen molar-refractivity contribution in [2.75, 3.05) is 6.61 Å². The van der Waals surface area contributed by atoms with E-state index in [1.54, 1.807) is 0 Å². The molecule has 104 valence electrons. The summed E-state index contributed by atoms with van der Waals surface area (Å²) >= 11 is 0. The molecule has 0 amide bonds. The summed E-state index contributed by atoms with van der Waals surface area (Å²) in [5.74, 6) is 0.121. The first-order valence-electron chi connectivity index (χ1n) is 7.20. The average molecular weight is 261 g/mol. The number of fused-ring (bicyclic) bond motifs is 1. The van der Waals surface area contributed by atoms with E-state index < -0.39 is 0 Å². The van der Waals surface area contributed by atoms with E-state index in [0.29, 0.717) is 13.0 Å².